The van der Waals surface area contributed by atoms with Crippen molar-refractivity contribution in [1.82, 2.24) is 15.3 Å². The van der Waals surface area contributed by atoms with Gasteiger partial charge in [0.05, 0.1) is 17.6 Å². The molecule has 0 bridgehead atoms. The van der Waals surface area contributed by atoms with E-state index in [0.29, 0.717) is 5.95 Å². The number of carbonyl (C=O) groups is 2. The molecule has 118 valence electrons. The number of guanidine groups is 1. The molecule has 1 aromatic heterocycles. The van der Waals surface area contributed by atoms with Crippen molar-refractivity contribution in [3.8, 4) is 0 Å². The maximum absolute atomic E-state index is 11.7. The van der Waals surface area contributed by atoms with Crippen LogP contribution in [0.5, 0.6) is 0 Å². The molecule has 1 amide bonds. The second-order valence-electron chi connectivity index (χ2n) is 5.36. The summed E-state index contributed by atoms with van der Waals surface area (Å²) in [6.07, 6.45) is -0.353. The third-order valence-corrected chi connectivity index (χ3v) is 3.47. The number of aliphatic carboxylic acids is 1. The van der Waals surface area contributed by atoms with Gasteiger partial charge in [-0.1, -0.05) is 11.6 Å². The number of carbonyl (C=O) groups excluding carboxylic acids is 1. The number of aryl methyl sites for hydroxylation is 2. The zero-order chi connectivity index (χ0) is 16.6. The van der Waals surface area contributed by atoms with E-state index in [1.807, 2.05) is 32.0 Å². The highest BCUT2D eigenvalue weighted by Gasteiger charge is 2.28. The molecule has 1 aliphatic rings. The number of hydrogen-bond acceptors (Lipinski definition) is 6. The van der Waals surface area contributed by atoms with Crippen molar-refractivity contribution in [2.24, 2.45) is 4.99 Å². The summed E-state index contributed by atoms with van der Waals surface area (Å²) in [6, 6.07) is 4.93. The number of carboxylic acid groups (broad SMARTS) is 1. The predicted molar refractivity (Wildman–Crippen MR) is 84.3 cm³/mol. The van der Waals surface area contributed by atoms with Crippen molar-refractivity contribution in [1.29, 1.82) is 0 Å². The average Bonchev–Trinajstić information content (AvgIpc) is 2.79. The molecular weight excluding hydrogens is 298 g/mol. The van der Waals surface area contributed by atoms with E-state index in [2.05, 4.69) is 25.6 Å². The van der Waals surface area contributed by atoms with E-state index in [0.717, 1.165) is 22.2 Å². The maximum atomic E-state index is 11.7. The monoisotopic (exact) mass is 313 g/mol. The van der Waals surface area contributed by atoms with E-state index in [-0.39, 0.29) is 12.4 Å². The summed E-state index contributed by atoms with van der Waals surface area (Å²) in [4.78, 5) is 35.1. The summed E-state index contributed by atoms with van der Waals surface area (Å²) in [5.41, 5.74) is 2.69. The van der Waals surface area contributed by atoms with Gasteiger partial charge in [-0.15, -0.1) is 0 Å². The molecule has 1 atom stereocenters. The van der Waals surface area contributed by atoms with Gasteiger partial charge in [0.25, 0.3) is 5.91 Å². The third-order valence-electron chi connectivity index (χ3n) is 3.47. The van der Waals surface area contributed by atoms with Crippen LogP contribution in [0.15, 0.2) is 23.2 Å². The number of aromatic nitrogens is 2. The molecule has 8 nitrogen and oxygen atoms in total. The Morgan fingerprint density at radius 1 is 1.35 bits per heavy atom. The van der Waals surface area contributed by atoms with Crippen molar-refractivity contribution >= 4 is 34.7 Å². The molecule has 1 aromatic carbocycles. The Bertz CT molecular complexity index is 846. The fraction of sp³-hybridized carbons (Fsp3) is 0.267. The molecule has 2 aromatic rings. The van der Waals surface area contributed by atoms with Crippen LogP contribution in [0, 0.1) is 13.8 Å². The summed E-state index contributed by atoms with van der Waals surface area (Å²) in [6.45, 7) is 3.87. The Labute approximate surface area is 131 Å². The van der Waals surface area contributed by atoms with E-state index in [1.54, 1.807) is 0 Å². The Morgan fingerprint density at radius 3 is 2.87 bits per heavy atom. The second kappa shape index (κ2) is 5.64. The molecule has 0 radical (unpaired) electrons. The Balaban J connectivity index is 1.86. The first kappa shape index (κ1) is 14.9. The molecule has 0 unspecified atom stereocenters. The van der Waals surface area contributed by atoms with Gasteiger partial charge in [-0.25, -0.2) is 15.0 Å². The van der Waals surface area contributed by atoms with E-state index in [4.69, 9.17) is 5.11 Å². The molecule has 8 heteroatoms. The van der Waals surface area contributed by atoms with Crippen LogP contribution in [0.2, 0.25) is 0 Å². The third kappa shape index (κ3) is 3.10. The fourth-order valence-electron chi connectivity index (χ4n) is 2.37. The van der Waals surface area contributed by atoms with Crippen LogP contribution in [0.4, 0.5) is 5.95 Å². The topological polar surface area (TPSA) is 117 Å². The number of anilines is 1. The number of benzene rings is 1. The average molecular weight is 313 g/mol. The van der Waals surface area contributed by atoms with Crippen LogP contribution < -0.4 is 10.6 Å². The predicted octanol–water partition coefficient (Wildman–Crippen LogP) is 0.988. The molecular formula is C15H15N5O3. The van der Waals surface area contributed by atoms with E-state index in [9.17, 15) is 9.59 Å². The lowest BCUT2D eigenvalue weighted by Crippen LogP contribution is -2.33. The van der Waals surface area contributed by atoms with E-state index >= 15 is 0 Å². The maximum Gasteiger partial charge on any atom is 0.306 e. The summed E-state index contributed by atoms with van der Waals surface area (Å²) in [5, 5.41) is 15.0. The molecule has 3 rings (SSSR count). The van der Waals surface area contributed by atoms with E-state index < -0.39 is 17.9 Å². The number of nitrogens with one attached hydrogen (secondary N) is 2. The number of rotatable bonds is 3. The molecule has 3 N–H and O–H groups in total. The highest BCUT2D eigenvalue weighted by molar-refractivity contribution is 6.10. The first-order valence-corrected chi connectivity index (χ1v) is 7.05. The van der Waals surface area contributed by atoms with Crippen LogP contribution in [0.3, 0.4) is 0 Å². The quantitative estimate of drug-likeness (QED) is 0.778. The van der Waals surface area contributed by atoms with Crippen molar-refractivity contribution < 1.29 is 14.7 Å². The molecule has 0 fully saturated rings. The lowest BCUT2D eigenvalue weighted by atomic mass is 10.1. The van der Waals surface area contributed by atoms with Crippen molar-refractivity contribution in [3.63, 3.8) is 0 Å². The lowest BCUT2D eigenvalue weighted by Gasteiger charge is -2.08. The van der Waals surface area contributed by atoms with Crippen LogP contribution >= 0.6 is 0 Å². The van der Waals surface area contributed by atoms with Crippen molar-refractivity contribution in [2.45, 2.75) is 26.3 Å². The first-order chi connectivity index (χ1) is 10.9. The number of fused-ring (bicyclic) bond motifs is 1. The van der Waals surface area contributed by atoms with Gasteiger partial charge in [-0.2, -0.15) is 0 Å². The number of amides is 1. The zero-order valence-electron chi connectivity index (χ0n) is 12.6. The Hall–Kier alpha value is -3.03. The second-order valence-corrected chi connectivity index (χ2v) is 5.36. The highest BCUT2D eigenvalue weighted by atomic mass is 16.4. The minimum atomic E-state index is -1.08. The molecule has 0 saturated carbocycles. The van der Waals surface area contributed by atoms with Crippen molar-refractivity contribution in [3.05, 3.63) is 29.5 Å². The van der Waals surface area contributed by atoms with Crippen molar-refractivity contribution in [2.75, 3.05) is 5.32 Å². The summed E-state index contributed by atoms with van der Waals surface area (Å²) < 4.78 is 0. The van der Waals surface area contributed by atoms with Gasteiger partial charge < -0.3 is 5.11 Å². The number of aliphatic imine (C=N–C) groups is 1. The molecule has 0 spiro atoms. The summed E-state index contributed by atoms with van der Waals surface area (Å²) >= 11 is 0. The Morgan fingerprint density at radius 2 is 2.13 bits per heavy atom. The van der Waals surface area contributed by atoms with Crippen LogP contribution in [0.1, 0.15) is 17.7 Å². The van der Waals surface area contributed by atoms with Gasteiger partial charge >= 0.3 is 5.97 Å². The van der Waals surface area contributed by atoms with Gasteiger partial charge in [0.1, 0.15) is 6.04 Å². The minimum Gasteiger partial charge on any atom is -0.481 e. The number of carboxylic acids is 1. The SMILES string of the molecule is Cc1ccc2nc(NC3=N[C@H](CC(=O)O)C(=O)N3)nc(C)c2c1. The minimum absolute atomic E-state index is 0.159. The van der Waals surface area contributed by atoms with Crippen LogP contribution in [-0.4, -0.2) is 39.0 Å². The number of nitrogens with zero attached hydrogens (tertiary/aromatic N) is 3. The lowest BCUT2D eigenvalue weighted by molar-refractivity contribution is -0.139. The molecule has 2 heterocycles. The van der Waals surface area contributed by atoms with Gasteiger partial charge in [-0.3, -0.25) is 20.2 Å². The molecule has 0 saturated heterocycles. The van der Waals surface area contributed by atoms with E-state index in [1.165, 1.54) is 0 Å². The van der Waals surface area contributed by atoms with Gasteiger partial charge in [-0.05, 0) is 26.0 Å². The summed E-state index contributed by atoms with van der Waals surface area (Å²) in [7, 11) is 0. The standard InChI is InChI=1S/C15H15N5O3/c1-7-3-4-10-9(5-7)8(2)16-14(17-10)20-15-18-11(6-12(21)22)13(23)19-15/h3-5,11H,6H2,1-2H3,(H,21,22)(H2,16,17,18,19,20,23)/t11-/m1/s1. The highest BCUT2D eigenvalue weighted by Crippen LogP contribution is 2.19. The Kier molecular flexibility index (Phi) is 3.65. The zero-order valence-corrected chi connectivity index (χ0v) is 12.6. The normalized spacial score (nSPS) is 17.0. The van der Waals surface area contributed by atoms with Crippen LogP contribution in [-0.2, 0) is 9.59 Å². The number of hydrogen-bond donors (Lipinski definition) is 3. The smallest absolute Gasteiger partial charge is 0.306 e. The summed E-state index contributed by atoms with van der Waals surface area (Å²) in [5.74, 6) is -1.08. The first-order valence-electron chi connectivity index (χ1n) is 7.05. The van der Waals surface area contributed by atoms with Crippen LogP contribution in [0.25, 0.3) is 10.9 Å². The largest absolute Gasteiger partial charge is 0.481 e. The molecule has 1 aliphatic heterocycles. The van der Waals surface area contributed by atoms with Gasteiger partial charge in [0, 0.05) is 5.39 Å². The van der Waals surface area contributed by atoms with Gasteiger partial charge in [0.15, 0.2) is 0 Å². The molecule has 0 aliphatic carbocycles. The molecule has 23 heavy (non-hydrogen) atoms. The fourth-order valence-corrected chi connectivity index (χ4v) is 2.37. The van der Waals surface area contributed by atoms with Gasteiger partial charge in [0.2, 0.25) is 11.9 Å².